The minimum Gasteiger partial charge on any atom is -0.497 e. The number of carbonyl (C=O) groups excluding carboxylic acids is 1. The zero-order valence-electron chi connectivity index (χ0n) is 16.1. The molecule has 6 nitrogen and oxygen atoms in total. The molecule has 3 aromatic rings. The fourth-order valence-electron chi connectivity index (χ4n) is 3.58. The Balaban J connectivity index is 1.49. The molecule has 144 valence electrons. The van der Waals surface area contributed by atoms with Crippen LogP contribution >= 0.6 is 0 Å². The van der Waals surface area contributed by atoms with Gasteiger partial charge in [0.2, 0.25) is 11.7 Å². The molecule has 0 unspecified atom stereocenters. The summed E-state index contributed by atoms with van der Waals surface area (Å²) in [5.41, 5.74) is 2.69. The quantitative estimate of drug-likeness (QED) is 0.685. The molecule has 0 radical (unpaired) electrons. The fraction of sp³-hybridized carbons (Fsp3) is 0.318. The van der Waals surface area contributed by atoms with Crippen molar-refractivity contribution in [3.63, 3.8) is 0 Å². The lowest BCUT2D eigenvalue weighted by atomic mass is 9.97. The maximum Gasteiger partial charge on any atom is 0.253 e. The second kappa shape index (κ2) is 7.84. The van der Waals surface area contributed by atoms with E-state index in [1.807, 2.05) is 60.4 Å². The zero-order chi connectivity index (χ0) is 19.5. The van der Waals surface area contributed by atoms with Gasteiger partial charge in [-0.1, -0.05) is 22.9 Å². The maximum atomic E-state index is 12.9. The van der Waals surface area contributed by atoms with Crippen LogP contribution in [0, 0.1) is 6.92 Å². The van der Waals surface area contributed by atoms with E-state index in [-0.39, 0.29) is 11.8 Å². The molecule has 2 aromatic carbocycles. The van der Waals surface area contributed by atoms with Gasteiger partial charge in [-0.3, -0.25) is 4.79 Å². The van der Waals surface area contributed by atoms with Crippen LogP contribution in [0.5, 0.6) is 5.75 Å². The number of hydrogen-bond acceptors (Lipinski definition) is 5. The summed E-state index contributed by atoms with van der Waals surface area (Å²) in [7, 11) is 1.63. The first kappa shape index (κ1) is 18.2. The van der Waals surface area contributed by atoms with Crippen molar-refractivity contribution in [3.8, 4) is 17.1 Å². The molecule has 0 N–H and O–H groups in total. The van der Waals surface area contributed by atoms with Gasteiger partial charge in [-0.15, -0.1) is 0 Å². The first-order valence-electron chi connectivity index (χ1n) is 9.48. The third-order valence-electron chi connectivity index (χ3n) is 5.11. The van der Waals surface area contributed by atoms with E-state index < -0.39 is 0 Å². The van der Waals surface area contributed by atoms with Crippen molar-refractivity contribution < 1.29 is 14.1 Å². The van der Waals surface area contributed by atoms with E-state index in [0.717, 1.165) is 41.8 Å². The van der Waals surface area contributed by atoms with Gasteiger partial charge in [0.05, 0.1) is 13.0 Å². The minimum atomic E-state index is 0.0574. The zero-order valence-corrected chi connectivity index (χ0v) is 16.1. The molecule has 0 bridgehead atoms. The number of benzene rings is 2. The number of hydrogen-bond donors (Lipinski definition) is 0. The summed E-state index contributed by atoms with van der Waals surface area (Å²) in [6, 6.07) is 15.3. The molecule has 1 aromatic heterocycles. The lowest BCUT2D eigenvalue weighted by molar-refractivity contribution is 0.0695. The number of piperidine rings is 1. The van der Waals surface area contributed by atoms with E-state index in [9.17, 15) is 4.79 Å². The van der Waals surface area contributed by atoms with Gasteiger partial charge in [0.15, 0.2) is 0 Å². The average Bonchev–Trinajstić information content (AvgIpc) is 3.24. The third-order valence-corrected chi connectivity index (χ3v) is 5.11. The summed E-state index contributed by atoms with van der Waals surface area (Å²) in [6.07, 6.45) is 1.85. The Morgan fingerprint density at radius 2 is 2.04 bits per heavy atom. The van der Waals surface area contributed by atoms with Crippen LogP contribution in [0.1, 0.15) is 40.6 Å². The molecule has 2 heterocycles. The molecule has 6 heteroatoms. The van der Waals surface area contributed by atoms with Gasteiger partial charge in [0.1, 0.15) is 5.75 Å². The minimum absolute atomic E-state index is 0.0574. The molecular formula is C22H23N3O3. The fourth-order valence-corrected chi connectivity index (χ4v) is 3.58. The van der Waals surface area contributed by atoms with E-state index in [2.05, 4.69) is 10.1 Å². The Morgan fingerprint density at radius 3 is 2.79 bits per heavy atom. The smallest absolute Gasteiger partial charge is 0.253 e. The molecular weight excluding hydrogens is 354 g/mol. The van der Waals surface area contributed by atoms with Gasteiger partial charge < -0.3 is 14.2 Å². The topological polar surface area (TPSA) is 68.5 Å². The summed E-state index contributed by atoms with van der Waals surface area (Å²) >= 11 is 0. The van der Waals surface area contributed by atoms with Crippen molar-refractivity contribution in [2.75, 3.05) is 20.2 Å². The summed E-state index contributed by atoms with van der Waals surface area (Å²) in [5.74, 6) is 2.04. The van der Waals surface area contributed by atoms with Crippen LogP contribution in [0.4, 0.5) is 0 Å². The van der Waals surface area contributed by atoms with Crippen LogP contribution in [0.15, 0.2) is 53.1 Å². The summed E-state index contributed by atoms with van der Waals surface area (Å²) in [6.45, 7) is 3.34. The normalized spacial score (nSPS) is 16.8. The van der Waals surface area contributed by atoms with Gasteiger partial charge >= 0.3 is 0 Å². The highest BCUT2D eigenvalue weighted by Gasteiger charge is 2.29. The highest BCUT2D eigenvalue weighted by atomic mass is 16.5. The Kier molecular flexibility index (Phi) is 5.10. The Bertz CT molecular complexity index is 965. The predicted molar refractivity (Wildman–Crippen MR) is 105 cm³/mol. The third kappa shape index (κ3) is 3.76. The highest BCUT2D eigenvalue weighted by molar-refractivity contribution is 5.94. The number of likely N-dealkylation sites (tertiary alicyclic amines) is 1. The monoisotopic (exact) mass is 377 g/mol. The van der Waals surface area contributed by atoms with Crippen LogP contribution in [0.2, 0.25) is 0 Å². The summed E-state index contributed by atoms with van der Waals surface area (Å²) in [5, 5.41) is 4.13. The predicted octanol–water partition coefficient (Wildman–Crippen LogP) is 4.07. The molecule has 1 fully saturated rings. The molecule has 1 saturated heterocycles. The SMILES string of the molecule is COc1ccc(-c2noc([C@H]3CCCN(C(=O)c4cccc(C)c4)C3)n2)cc1. The second-order valence-electron chi connectivity index (χ2n) is 7.14. The molecule has 28 heavy (non-hydrogen) atoms. The van der Waals surface area contributed by atoms with Gasteiger partial charge in [-0.25, -0.2) is 0 Å². The number of aromatic nitrogens is 2. The Morgan fingerprint density at radius 1 is 1.21 bits per heavy atom. The van der Waals surface area contributed by atoms with E-state index in [1.54, 1.807) is 7.11 Å². The molecule has 1 aliphatic heterocycles. The standard InChI is InChI=1S/C22H23N3O3/c1-15-5-3-6-17(13-15)22(26)25-12-4-7-18(14-25)21-23-20(24-28-21)16-8-10-19(27-2)11-9-16/h3,5-6,8-11,13,18H,4,7,12,14H2,1-2H3/t18-/m0/s1. The lowest BCUT2D eigenvalue weighted by Gasteiger charge is -2.31. The molecule has 0 saturated carbocycles. The second-order valence-corrected chi connectivity index (χ2v) is 7.14. The summed E-state index contributed by atoms with van der Waals surface area (Å²) < 4.78 is 10.7. The first-order chi connectivity index (χ1) is 13.6. The van der Waals surface area contributed by atoms with Crippen LogP contribution in [-0.2, 0) is 0 Å². The first-order valence-corrected chi connectivity index (χ1v) is 9.48. The van der Waals surface area contributed by atoms with Crippen molar-refractivity contribution in [1.29, 1.82) is 0 Å². The van der Waals surface area contributed by atoms with Gasteiger partial charge in [-0.05, 0) is 56.2 Å². The number of rotatable bonds is 4. The van der Waals surface area contributed by atoms with E-state index in [4.69, 9.17) is 9.26 Å². The van der Waals surface area contributed by atoms with Gasteiger partial charge in [0, 0.05) is 24.2 Å². The molecule has 1 amide bonds. The van der Waals surface area contributed by atoms with Crippen molar-refractivity contribution in [1.82, 2.24) is 15.0 Å². The molecule has 0 spiro atoms. The Hall–Kier alpha value is -3.15. The van der Waals surface area contributed by atoms with Gasteiger partial charge in [-0.2, -0.15) is 4.98 Å². The van der Waals surface area contributed by atoms with Crippen LogP contribution in [0.3, 0.4) is 0 Å². The number of methoxy groups -OCH3 is 1. The molecule has 0 aliphatic carbocycles. The number of carbonyl (C=O) groups is 1. The van der Waals surface area contributed by atoms with Gasteiger partial charge in [0.25, 0.3) is 5.91 Å². The number of ether oxygens (including phenoxy) is 1. The van der Waals surface area contributed by atoms with Crippen molar-refractivity contribution in [3.05, 3.63) is 65.5 Å². The maximum absolute atomic E-state index is 12.9. The lowest BCUT2D eigenvalue weighted by Crippen LogP contribution is -2.39. The molecule has 1 aliphatic rings. The largest absolute Gasteiger partial charge is 0.497 e. The van der Waals surface area contributed by atoms with Crippen molar-refractivity contribution in [2.24, 2.45) is 0 Å². The van der Waals surface area contributed by atoms with Crippen molar-refractivity contribution >= 4 is 5.91 Å². The van der Waals surface area contributed by atoms with Crippen LogP contribution in [-0.4, -0.2) is 41.1 Å². The number of nitrogens with zero attached hydrogens (tertiary/aromatic N) is 3. The number of amides is 1. The molecule has 4 rings (SSSR count). The van der Waals surface area contributed by atoms with E-state index in [1.165, 1.54) is 0 Å². The van der Waals surface area contributed by atoms with E-state index >= 15 is 0 Å². The number of aryl methyl sites for hydroxylation is 1. The average molecular weight is 377 g/mol. The summed E-state index contributed by atoms with van der Waals surface area (Å²) in [4.78, 5) is 19.3. The van der Waals surface area contributed by atoms with Crippen LogP contribution < -0.4 is 4.74 Å². The highest BCUT2D eigenvalue weighted by Crippen LogP contribution is 2.29. The van der Waals surface area contributed by atoms with E-state index in [0.29, 0.717) is 18.3 Å². The van der Waals surface area contributed by atoms with Crippen LogP contribution in [0.25, 0.3) is 11.4 Å². The van der Waals surface area contributed by atoms with Crippen molar-refractivity contribution in [2.45, 2.75) is 25.7 Å². The Labute approximate surface area is 164 Å². The molecule has 1 atom stereocenters.